The molecule has 0 spiro atoms. The number of nitrogen functional groups attached to an aromatic ring is 1. The minimum absolute atomic E-state index is 0.0350. The number of aromatic nitrogens is 2. The number of carbonyl (C=O) groups is 2. The maximum Gasteiger partial charge on any atom is 0.407 e. The number of nitrogens with one attached hydrogen (secondary N) is 1. The summed E-state index contributed by atoms with van der Waals surface area (Å²) in [6.07, 6.45) is 23.0. The number of allylic oxidation sites excluding steroid dienone is 10. The van der Waals surface area contributed by atoms with Crippen molar-refractivity contribution in [3.05, 3.63) is 83.5 Å². The number of carboxylic acid groups (broad SMARTS) is 1. The third-order valence-corrected chi connectivity index (χ3v) is 7.13. The van der Waals surface area contributed by atoms with E-state index in [-0.39, 0.29) is 37.8 Å². The number of alkyl halides is 1. The number of unbranched alkanes of at least 4 members (excludes halogenated alkanes) is 1. The molecular weight excluding hydrogens is 581 g/mol. The van der Waals surface area contributed by atoms with Crippen molar-refractivity contribution in [3.8, 4) is 0 Å². The van der Waals surface area contributed by atoms with Crippen molar-refractivity contribution in [1.29, 1.82) is 0 Å². The molecule has 4 atom stereocenters. The van der Waals surface area contributed by atoms with Crippen molar-refractivity contribution >= 4 is 17.8 Å². The fraction of sp³-hybridized carbons (Fsp3) is 0.515. The molecule has 12 heteroatoms. The van der Waals surface area contributed by atoms with Crippen molar-refractivity contribution in [2.75, 3.05) is 25.4 Å². The largest absolute Gasteiger partial charge is 0.465 e. The third kappa shape index (κ3) is 13.2. The number of nitrogens with two attached hydrogens (primary N) is 1. The first-order chi connectivity index (χ1) is 21.6. The maximum atomic E-state index is 15.4. The minimum atomic E-state index is -2.41. The zero-order valence-corrected chi connectivity index (χ0v) is 26.3. The van der Waals surface area contributed by atoms with Crippen molar-refractivity contribution < 1.29 is 28.9 Å². The number of aliphatic hydroxyl groups is 1. The first kappa shape index (κ1) is 37.2. The quantitative estimate of drug-likeness (QED) is 0.125. The lowest BCUT2D eigenvalue weighted by Crippen LogP contribution is -2.47. The van der Waals surface area contributed by atoms with E-state index >= 15 is 4.39 Å². The van der Waals surface area contributed by atoms with Crippen LogP contribution in [0.15, 0.2) is 77.8 Å². The number of carbonyl (C=O) groups excluding carboxylic acids is 1. The number of hydrogen-bond acceptors (Lipinski definition) is 7. The molecule has 1 fully saturated rings. The summed E-state index contributed by atoms with van der Waals surface area (Å²) in [6.45, 7) is 2.76. The molecule has 0 aromatic carbocycles. The molecule has 0 bridgehead atoms. The zero-order valence-electron chi connectivity index (χ0n) is 26.3. The number of rotatable bonds is 19. The van der Waals surface area contributed by atoms with Gasteiger partial charge >= 0.3 is 11.8 Å². The van der Waals surface area contributed by atoms with Crippen molar-refractivity contribution in [1.82, 2.24) is 19.8 Å². The van der Waals surface area contributed by atoms with E-state index in [4.69, 9.17) is 10.5 Å². The second-order valence-corrected chi connectivity index (χ2v) is 10.8. The summed E-state index contributed by atoms with van der Waals surface area (Å²) in [5.41, 5.74) is 2.21. The smallest absolute Gasteiger partial charge is 0.407 e. The van der Waals surface area contributed by atoms with Gasteiger partial charge in [-0.05, 0) is 57.9 Å². The number of aliphatic hydroxyl groups excluding tert-OH is 1. The predicted octanol–water partition coefficient (Wildman–Crippen LogP) is 4.83. The topological polar surface area (TPSA) is 160 Å². The summed E-state index contributed by atoms with van der Waals surface area (Å²) in [7, 11) is 0. The molecule has 0 radical (unpaired) electrons. The Balaban J connectivity index is 1.64. The van der Waals surface area contributed by atoms with E-state index in [9.17, 15) is 24.6 Å². The molecule has 5 N–H and O–H groups in total. The van der Waals surface area contributed by atoms with Crippen molar-refractivity contribution in [2.45, 2.75) is 89.3 Å². The van der Waals surface area contributed by atoms with Gasteiger partial charge in [0, 0.05) is 25.7 Å². The van der Waals surface area contributed by atoms with Gasteiger partial charge < -0.3 is 30.9 Å². The average Bonchev–Trinajstić information content (AvgIpc) is 3.21. The zero-order chi connectivity index (χ0) is 33.1. The maximum absolute atomic E-state index is 15.4. The van der Waals surface area contributed by atoms with E-state index < -0.39 is 35.9 Å². The summed E-state index contributed by atoms with van der Waals surface area (Å²) in [4.78, 5) is 40.7. The van der Waals surface area contributed by atoms with Crippen LogP contribution in [0.5, 0.6) is 0 Å². The number of halogens is 1. The Hall–Kier alpha value is -4.03. The lowest BCUT2D eigenvalue weighted by atomic mass is 9.98. The summed E-state index contributed by atoms with van der Waals surface area (Å²) >= 11 is 0. The van der Waals surface area contributed by atoms with E-state index in [2.05, 4.69) is 71.9 Å². The predicted molar refractivity (Wildman–Crippen MR) is 173 cm³/mol. The summed E-state index contributed by atoms with van der Waals surface area (Å²) in [5, 5.41) is 22.9. The summed E-state index contributed by atoms with van der Waals surface area (Å²) < 4.78 is 21.9. The summed E-state index contributed by atoms with van der Waals surface area (Å²) in [5.74, 6) is -0.267. The Morgan fingerprint density at radius 2 is 1.67 bits per heavy atom. The first-order valence-corrected chi connectivity index (χ1v) is 15.4. The van der Waals surface area contributed by atoms with Crippen LogP contribution in [0.25, 0.3) is 0 Å². The highest BCUT2D eigenvalue weighted by atomic mass is 19.1. The monoisotopic (exact) mass is 629 g/mol. The lowest BCUT2D eigenvalue weighted by molar-refractivity contribution is -0.121. The second kappa shape index (κ2) is 20.1. The number of anilines is 1. The van der Waals surface area contributed by atoms with Crippen LogP contribution in [0.3, 0.4) is 0 Å². The molecule has 0 unspecified atom stereocenters. The standard InChI is InChI=1S/C33H48FN5O6/c1-3-4-5-6-7-8-9-10-11-12-13-14-15-16-17-18-19-20-28(40)36-22-24-38(32(43)44)25-26-29(41)33(2,34)30(45-26)39-23-21-27(35)37-31(39)42/h4-5,7-8,10-11,13-14,16-17,21,23,26,29-30,41H,3,6,9,12,15,18-20,22,24-25H2,1-2H3,(H,36,40)(H,43,44)(H2,35,37,42)/t26-,29-,30-,33-/m1/s1. The SMILES string of the molecule is CCC=CCC=CCC=CCC=CCC=CCCCC(=O)NCCN(C[C@H]1O[C@@H](n2ccc(N)nc2=O)[C@](C)(F)[C@@H]1O)C(=O)O. The molecule has 1 aromatic heterocycles. The van der Waals surface area contributed by atoms with Gasteiger partial charge in [-0.1, -0.05) is 67.7 Å². The molecule has 248 valence electrons. The van der Waals surface area contributed by atoms with Gasteiger partial charge in [0.15, 0.2) is 11.9 Å². The highest BCUT2D eigenvalue weighted by molar-refractivity contribution is 5.75. The Bertz CT molecular complexity index is 1270. The minimum Gasteiger partial charge on any atom is -0.465 e. The molecular formula is C33H48FN5O6. The van der Waals surface area contributed by atoms with Crippen LogP contribution < -0.4 is 16.7 Å². The van der Waals surface area contributed by atoms with E-state index in [0.29, 0.717) is 6.42 Å². The van der Waals surface area contributed by atoms with E-state index in [1.165, 1.54) is 12.3 Å². The Labute approximate surface area is 264 Å². The van der Waals surface area contributed by atoms with Gasteiger partial charge in [-0.15, -0.1) is 0 Å². The van der Waals surface area contributed by atoms with Crippen LogP contribution in [-0.4, -0.2) is 74.2 Å². The molecule has 1 aliphatic rings. The molecule has 0 aliphatic carbocycles. The first-order valence-electron chi connectivity index (χ1n) is 15.4. The Kier molecular flexibility index (Phi) is 16.6. The number of hydrogen-bond donors (Lipinski definition) is 4. The number of ether oxygens (including phenoxy) is 1. The van der Waals surface area contributed by atoms with Crippen molar-refractivity contribution in [3.63, 3.8) is 0 Å². The molecule has 2 heterocycles. The fourth-order valence-electron chi connectivity index (χ4n) is 4.62. The molecule has 1 aliphatic heterocycles. The van der Waals surface area contributed by atoms with E-state index in [1.807, 2.05) is 6.08 Å². The van der Waals surface area contributed by atoms with E-state index in [1.54, 1.807) is 0 Å². The van der Waals surface area contributed by atoms with Gasteiger partial charge in [0.05, 0.1) is 6.54 Å². The van der Waals surface area contributed by atoms with Gasteiger partial charge in [-0.25, -0.2) is 14.0 Å². The molecule has 2 rings (SSSR count). The lowest BCUT2D eigenvalue weighted by Gasteiger charge is -2.25. The van der Waals surface area contributed by atoms with Crippen LogP contribution >= 0.6 is 0 Å². The fourth-order valence-corrected chi connectivity index (χ4v) is 4.62. The molecule has 1 saturated heterocycles. The molecule has 11 nitrogen and oxygen atoms in total. The molecule has 45 heavy (non-hydrogen) atoms. The molecule has 1 aromatic rings. The summed E-state index contributed by atoms with van der Waals surface area (Å²) in [6, 6.07) is 1.29. The number of amides is 2. The molecule has 2 amide bonds. The van der Waals surface area contributed by atoms with Crippen molar-refractivity contribution in [2.24, 2.45) is 0 Å². The third-order valence-electron chi connectivity index (χ3n) is 7.13. The normalized spacial score (nSPS) is 22.1. The van der Waals surface area contributed by atoms with Gasteiger partial charge in [0.2, 0.25) is 5.91 Å². The molecule has 0 saturated carbocycles. The highest BCUT2D eigenvalue weighted by Gasteiger charge is 2.55. The Morgan fingerprint density at radius 3 is 2.22 bits per heavy atom. The highest BCUT2D eigenvalue weighted by Crippen LogP contribution is 2.40. The van der Waals surface area contributed by atoms with Crippen LogP contribution in [0.1, 0.15) is 71.4 Å². The van der Waals surface area contributed by atoms with Gasteiger partial charge in [-0.3, -0.25) is 9.36 Å². The van der Waals surface area contributed by atoms with Crippen LogP contribution in [0, 0.1) is 0 Å². The van der Waals surface area contributed by atoms with Gasteiger partial charge in [0.25, 0.3) is 0 Å². The van der Waals surface area contributed by atoms with Gasteiger partial charge in [-0.2, -0.15) is 4.98 Å². The second-order valence-electron chi connectivity index (χ2n) is 10.8. The Morgan fingerprint density at radius 1 is 1.09 bits per heavy atom. The average molecular weight is 630 g/mol. The van der Waals surface area contributed by atoms with Crippen LogP contribution in [-0.2, 0) is 9.53 Å². The van der Waals surface area contributed by atoms with Crippen LogP contribution in [0.4, 0.5) is 15.0 Å². The number of nitrogens with zero attached hydrogens (tertiary/aromatic N) is 3. The van der Waals surface area contributed by atoms with E-state index in [0.717, 1.165) is 54.9 Å². The van der Waals surface area contributed by atoms with Gasteiger partial charge in [0.1, 0.15) is 18.0 Å². The van der Waals surface area contributed by atoms with Crippen LogP contribution in [0.2, 0.25) is 0 Å².